The Labute approximate surface area is 146 Å². The van der Waals surface area contributed by atoms with E-state index in [0.29, 0.717) is 28.6 Å². The fourth-order valence-electron chi connectivity index (χ4n) is 2.59. The molecule has 1 aliphatic rings. The van der Waals surface area contributed by atoms with Gasteiger partial charge in [0.25, 0.3) is 5.91 Å². The van der Waals surface area contributed by atoms with Gasteiger partial charge in [0, 0.05) is 25.2 Å². The van der Waals surface area contributed by atoms with E-state index in [0.717, 1.165) is 19.4 Å². The molecule has 2 rings (SSSR count). The van der Waals surface area contributed by atoms with E-state index in [2.05, 4.69) is 5.32 Å². The first-order valence-electron chi connectivity index (χ1n) is 6.96. The van der Waals surface area contributed by atoms with Crippen LogP contribution in [-0.4, -0.2) is 43.0 Å². The van der Waals surface area contributed by atoms with Crippen LogP contribution in [0, 0.1) is 5.41 Å². The lowest BCUT2D eigenvalue weighted by Crippen LogP contribution is -2.45. The van der Waals surface area contributed by atoms with E-state index >= 15 is 0 Å². The minimum atomic E-state index is -0.297. The number of nitrogen functional groups attached to an aromatic ring is 1. The summed E-state index contributed by atoms with van der Waals surface area (Å²) in [4.78, 5) is 14.1. The molecule has 1 atom stereocenters. The molecule has 0 bridgehead atoms. The number of halogens is 2. The van der Waals surface area contributed by atoms with Crippen molar-refractivity contribution in [1.82, 2.24) is 10.2 Å². The normalized spacial score (nSPS) is 16.6. The molecule has 1 heterocycles. The Balaban J connectivity index is 0.00000264. The lowest BCUT2D eigenvalue weighted by Gasteiger charge is -2.25. The van der Waals surface area contributed by atoms with Crippen molar-refractivity contribution in [3.05, 3.63) is 22.7 Å². The number of carbonyl (C=O) groups is 1. The van der Waals surface area contributed by atoms with Crippen LogP contribution in [0.5, 0.6) is 5.75 Å². The zero-order valence-corrected chi connectivity index (χ0v) is 14.3. The maximum Gasteiger partial charge on any atom is 0.255 e. The van der Waals surface area contributed by atoms with Crippen LogP contribution in [0.25, 0.3) is 0 Å². The molecular formula is C14H21Cl2N5O2. The monoisotopic (exact) mass is 361 g/mol. The van der Waals surface area contributed by atoms with E-state index in [1.54, 1.807) is 4.90 Å². The average molecular weight is 362 g/mol. The van der Waals surface area contributed by atoms with Crippen LogP contribution in [-0.2, 0) is 0 Å². The van der Waals surface area contributed by atoms with Crippen LogP contribution in [0.4, 0.5) is 5.69 Å². The van der Waals surface area contributed by atoms with E-state index < -0.39 is 0 Å². The van der Waals surface area contributed by atoms with Crippen molar-refractivity contribution in [2.24, 2.45) is 5.73 Å². The van der Waals surface area contributed by atoms with Gasteiger partial charge in [-0.05, 0) is 18.9 Å². The van der Waals surface area contributed by atoms with Crippen molar-refractivity contribution in [3.63, 3.8) is 0 Å². The molecule has 1 aromatic carbocycles. The van der Waals surface area contributed by atoms with Gasteiger partial charge in [-0.3, -0.25) is 10.2 Å². The number of guanidine groups is 1. The number of hydrogen-bond acceptors (Lipinski definition) is 4. The minimum absolute atomic E-state index is 0. The zero-order chi connectivity index (χ0) is 16.3. The van der Waals surface area contributed by atoms with Gasteiger partial charge in [-0.1, -0.05) is 11.6 Å². The van der Waals surface area contributed by atoms with Crippen molar-refractivity contribution in [2.75, 3.05) is 25.9 Å². The van der Waals surface area contributed by atoms with Gasteiger partial charge in [0.15, 0.2) is 5.96 Å². The van der Waals surface area contributed by atoms with Crippen LogP contribution in [0.1, 0.15) is 23.2 Å². The second-order valence-corrected chi connectivity index (χ2v) is 5.57. The Morgan fingerprint density at radius 1 is 1.57 bits per heavy atom. The topological polar surface area (TPSA) is 117 Å². The van der Waals surface area contributed by atoms with E-state index in [4.69, 9.17) is 33.2 Å². The number of nitrogens with two attached hydrogens (primary N) is 2. The number of benzene rings is 1. The van der Waals surface area contributed by atoms with Crippen LogP contribution in [0.2, 0.25) is 5.02 Å². The highest BCUT2D eigenvalue weighted by molar-refractivity contribution is 6.33. The molecule has 0 spiro atoms. The second kappa shape index (κ2) is 8.12. The van der Waals surface area contributed by atoms with Crippen molar-refractivity contribution in [1.29, 1.82) is 5.41 Å². The highest BCUT2D eigenvalue weighted by Gasteiger charge is 2.26. The van der Waals surface area contributed by atoms with Gasteiger partial charge >= 0.3 is 0 Å². The Morgan fingerprint density at radius 3 is 2.87 bits per heavy atom. The van der Waals surface area contributed by atoms with E-state index in [9.17, 15) is 4.79 Å². The number of amides is 1. The van der Waals surface area contributed by atoms with Crippen molar-refractivity contribution in [2.45, 2.75) is 18.9 Å². The molecule has 0 saturated carbocycles. The molecule has 6 N–H and O–H groups in total. The molecule has 9 heteroatoms. The number of ether oxygens (including phenoxy) is 1. The third-order valence-corrected chi connectivity index (χ3v) is 4.08. The maximum atomic E-state index is 12.3. The number of hydrogen-bond donors (Lipinski definition) is 4. The zero-order valence-electron chi connectivity index (χ0n) is 12.8. The molecule has 0 aromatic heterocycles. The van der Waals surface area contributed by atoms with Gasteiger partial charge in [0.2, 0.25) is 0 Å². The number of nitrogens with zero attached hydrogens (tertiary/aromatic N) is 1. The van der Waals surface area contributed by atoms with Gasteiger partial charge in [-0.25, -0.2) is 0 Å². The van der Waals surface area contributed by atoms with Crippen LogP contribution in [0.15, 0.2) is 12.1 Å². The van der Waals surface area contributed by atoms with Crippen molar-refractivity contribution < 1.29 is 9.53 Å². The van der Waals surface area contributed by atoms with Crippen LogP contribution < -0.4 is 21.5 Å². The summed E-state index contributed by atoms with van der Waals surface area (Å²) >= 11 is 5.97. The fraction of sp³-hybridized carbons (Fsp3) is 0.429. The Hall–Kier alpha value is -1.86. The SMILES string of the molecule is COc1cc(N)c(Cl)cc1C(=O)NCC1CCCN1C(=N)N.Cl. The summed E-state index contributed by atoms with van der Waals surface area (Å²) in [6, 6.07) is 3.05. The quantitative estimate of drug-likeness (QED) is 0.367. The van der Waals surface area contributed by atoms with Gasteiger partial charge in [0.05, 0.1) is 23.4 Å². The summed E-state index contributed by atoms with van der Waals surface area (Å²) in [5.74, 6) is 0.105. The number of carbonyl (C=O) groups excluding carboxylic acids is 1. The highest BCUT2D eigenvalue weighted by Crippen LogP contribution is 2.28. The summed E-state index contributed by atoms with van der Waals surface area (Å²) in [5.41, 5.74) is 11.9. The first-order chi connectivity index (χ1) is 10.4. The van der Waals surface area contributed by atoms with Gasteiger partial charge < -0.3 is 26.4 Å². The molecule has 1 fully saturated rings. The summed E-state index contributed by atoms with van der Waals surface area (Å²) in [6.07, 6.45) is 1.84. The number of methoxy groups -OCH3 is 1. The third-order valence-electron chi connectivity index (χ3n) is 3.75. The van der Waals surface area contributed by atoms with Crippen LogP contribution in [0.3, 0.4) is 0 Å². The Bertz CT molecular complexity index is 597. The molecule has 1 saturated heterocycles. The summed E-state index contributed by atoms with van der Waals surface area (Å²) < 4.78 is 5.17. The summed E-state index contributed by atoms with van der Waals surface area (Å²) in [5, 5.41) is 10.7. The lowest BCUT2D eigenvalue weighted by molar-refractivity contribution is 0.0943. The predicted molar refractivity (Wildman–Crippen MR) is 93.6 cm³/mol. The number of rotatable bonds is 4. The molecule has 1 unspecified atom stereocenters. The van der Waals surface area contributed by atoms with Crippen molar-refractivity contribution >= 4 is 41.6 Å². The molecule has 1 amide bonds. The molecule has 1 aliphatic heterocycles. The minimum Gasteiger partial charge on any atom is -0.496 e. The molecule has 23 heavy (non-hydrogen) atoms. The Morgan fingerprint density at radius 2 is 2.26 bits per heavy atom. The summed E-state index contributed by atoms with van der Waals surface area (Å²) in [7, 11) is 1.47. The number of anilines is 1. The number of likely N-dealkylation sites (tertiary alicyclic amines) is 1. The highest BCUT2D eigenvalue weighted by atomic mass is 35.5. The van der Waals surface area contributed by atoms with Gasteiger partial charge in [-0.2, -0.15) is 0 Å². The van der Waals surface area contributed by atoms with E-state index in [-0.39, 0.29) is 30.3 Å². The first kappa shape index (κ1) is 19.2. The fourth-order valence-corrected chi connectivity index (χ4v) is 2.75. The summed E-state index contributed by atoms with van der Waals surface area (Å²) in [6.45, 7) is 1.15. The Kier molecular flexibility index (Phi) is 6.78. The first-order valence-corrected chi connectivity index (χ1v) is 7.33. The van der Waals surface area contributed by atoms with Gasteiger partial charge in [-0.15, -0.1) is 12.4 Å². The van der Waals surface area contributed by atoms with Crippen molar-refractivity contribution in [3.8, 4) is 5.75 Å². The second-order valence-electron chi connectivity index (χ2n) is 5.16. The van der Waals surface area contributed by atoms with Gasteiger partial charge in [0.1, 0.15) is 5.75 Å². The maximum absolute atomic E-state index is 12.3. The average Bonchev–Trinajstić information content (AvgIpc) is 2.95. The number of nitrogens with one attached hydrogen (secondary N) is 2. The smallest absolute Gasteiger partial charge is 0.255 e. The third kappa shape index (κ3) is 4.33. The largest absolute Gasteiger partial charge is 0.496 e. The van der Waals surface area contributed by atoms with Crippen LogP contribution >= 0.6 is 24.0 Å². The molecule has 128 valence electrons. The molecule has 0 aliphatic carbocycles. The molecule has 7 nitrogen and oxygen atoms in total. The lowest BCUT2D eigenvalue weighted by atomic mass is 10.1. The van der Waals surface area contributed by atoms with E-state index in [1.165, 1.54) is 19.2 Å². The molecule has 1 aromatic rings. The molecular weight excluding hydrogens is 341 g/mol. The van der Waals surface area contributed by atoms with E-state index in [1.807, 2.05) is 0 Å². The standard InChI is InChI=1S/C14H20ClN5O2.ClH/c1-22-12-6-11(16)10(15)5-9(12)13(21)19-7-8-3-2-4-20(8)14(17)18;/h5-6,8H,2-4,7,16H2,1H3,(H3,17,18)(H,19,21);1H. The predicted octanol–water partition coefficient (Wildman–Crippen LogP) is 1.44. The molecule has 0 radical (unpaired) electrons.